The number of nitrogens with one attached hydrogen (secondary N) is 1. The van der Waals surface area contributed by atoms with Crippen LogP contribution >= 0.6 is 22.7 Å². The zero-order chi connectivity index (χ0) is 9.80. The number of thiophene rings is 1. The van der Waals surface area contributed by atoms with Gasteiger partial charge in [0.2, 0.25) is 0 Å². The van der Waals surface area contributed by atoms with Crippen molar-refractivity contribution < 1.29 is 0 Å². The van der Waals surface area contributed by atoms with Crippen LogP contribution in [0.3, 0.4) is 0 Å². The second kappa shape index (κ2) is 4.68. The average molecular weight is 224 g/mol. The maximum Gasteiger partial charge on any atom is 0.0794 e. The van der Waals surface area contributed by atoms with Crippen LogP contribution in [0.1, 0.15) is 14.6 Å². The Labute approximate surface area is 91.6 Å². The Morgan fingerprint density at radius 2 is 2.14 bits per heavy atom. The van der Waals surface area contributed by atoms with E-state index in [4.69, 9.17) is 0 Å². The fourth-order valence-electron chi connectivity index (χ4n) is 1.22. The topological polar surface area (TPSA) is 24.9 Å². The quantitative estimate of drug-likeness (QED) is 0.864. The zero-order valence-corrected chi connectivity index (χ0v) is 9.62. The first-order valence-electron chi connectivity index (χ1n) is 4.48. The minimum atomic E-state index is 0.918. The van der Waals surface area contributed by atoms with Crippen LogP contribution in [0.15, 0.2) is 23.8 Å². The van der Waals surface area contributed by atoms with Gasteiger partial charge in [-0.05, 0) is 19.1 Å². The highest BCUT2D eigenvalue weighted by molar-refractivity contribution is 7.11. The summed E-state index contributed by atoms with van der Waals surface area (Å²) in [5, 5.41) is 3.40. The van der Waals surface area contributed by atoms with Gasteiger partial charge >= 0.3 is 0 Å². The SMILES string of the molecule is Cc1ccc(CNCc2cncs2)s1. The van der Waals surface area contributed by atoms with Crippen LogP contribution in [0.2, 0.25) is 0 Å². The second-order valence-corrected chi connectivity index (χ2v) is 5.43. The molecule has 0 aliphatic rings. The van der Waals surface area contributed by atoms with Crippen LogP contribution < -0.4 is 5.32 Å². The Kier molecular flexibility index (Phi) is 3.29. The molecule has 2 aromatic heterocycles. The molecule has 2 heterocycles. The fourth-order valence-corrected chi connectivity index (χ4v) is 2.64. The smallest absolute Gasteiger partial charge is 0.0794 e. The third-order valence-corrected chi connectivity index (χ3v) is 3.66. The summed E-state index contributed by atoms with van der Waals surface area (Å²) in [4.78, 5) is 8.09. The van der Waals surface area contributed by atoms with Gasteiger partial charge < -0.3 is 5.32 Å². The Morgan fingerprint density at radius 1 is 1.29 bits per heavy atom. The van der Waals surface area contributed by atoms with Gasteiger partial charge in [0.05, 0.1) is 5.51 Å². The summed E-state index contributed by atoms with van der Waals surface area (Å²) < 4.78 is 0. The minimum Gasteiger partial charge on any atom is -0.307 e. The van der Waals surface area contributed by atoms with Crippen molar-refractivity contribution in [2.45, 2.75) is 20.0 Å². The monoisotopic (exact) mass is 224 g/mol. The van der Waals surface area contributed by atoms with Crippen LogP contribution in [0, 0.1) is 6.92 Å². The standard InChI is InChI=1S/C10H12N2S2/c1-8-2-3-9(14-8)4-11-5-10-6-12-7-13-10/h2-3,6-7,11H,4-5H2,1H3. The van der Waals surface area contributed by atoms with Crippen molar-refractivity contribution in [1.29, 1.82) is 0 Å². The van der Waals surface area contributed by atoms with Crippen molar-refractivity contribution in [2.24, 2.45) is 0 Å². The van der Waals surface area contributed by atoms with E-state index in [1.807, 2.05) is 23.0 Å². The van der Waals surface area contributed by atoms with Gasteiger partial charge in [-0.2, -0.15) is 0 Å². The van der Waals surface area contributed by atoms with E-state index in [1.165, 1.54) is 14.6 Å². The van der Waals surface area contributed by atoms with Gasteiger partial charge in [0.1, 0.15) is 0 Å². The predicted molar refractivity (Wildman–Crippen MR) is 61.7 cm³/mol. The van der Waals surface area contributed by atoms with Crippen molar-refractivity contribution in [3.05, 3.63) is 38.5 Å². The molecule has 0 saturated heterocycles. The van der Waals surface area contributed by atoms with Crippen LogP contribution in [-0.4, -0.2) is 4.98 Å². The fraction of sp³-hybridized carbons (Fsp3) is 0.300. The van der Waals surface area contributed by atoms with E-state index in [2.05, 4.69) is 29.4 Å². The maximum atomic E-state index is 4.03. The van der Waals surface area contributed by atoms with Crippen molar-refractivity contribution in [3.8, 4) is 0 Å². The summed E-state index contributed by atoms with van der Waals surface area (Å²) in [6.07, 6.45) is 1.91. The zero-order valence-electron chi connectivity index (χ0n) is 7.99. The molecule has 74 valence electrons. The third-order valence-electron chi connectivity index (χ3n) is 1.88. The number of aromatic nitrogens is 1. The molecule has 0 aliphatic carbocycles. The van der Waals surface area contributed by atoms with Gasteiger partial charge in [-0.25, -0.2) is 0 Å². The highest BCUT2D eigenvalue weighted by Crippen LogP contribution is 2.14. The molecule has 0 amide bonds. The lowest BCUT2D eigenvalue weighted by Gasteiger charge is -1.99. The molecule has 2 aromatic rings. The molecule has 0 bridgehead atoms. The van der Waals surface area contributed by atoms with E-state index in [1.54, 1.807) is 11.3 Å². The van der Waals surface area contributed by atoms with Crippen molar-refractivity contribution in [1.82, 2.24) is 10.3 Å². The molecule has 0 saturated carbocycles. The first kappa shape index (κ1) is 9.83. The minimum absolute atomic E-state index is 0.918. The molecule has 0 spiro atoms. The lowest BCUT2D eigenvalue weighted by atomic mass is 10.4. The molecule has 0 fully saturated rings. The molecule has 0 aromatic carbocycles. The lowest BCUT2D eigenvalue weighted by Crippen LogP contribution is -2.10. The molecule has 14 heavy (non-hydrogen) atoms. The van der Waals surface area contributed by atoms with Gasteiger partial charge in [0.25, 0.3) is 0 Å². The van der Waals surface area contributed by atoms with E-state index in [9.17, 15) is 0 Å². The summed E-state index contributed by atoms with van der Waals surface area (Å²) in [5.74, 6) is 0. The third kappa shape index (κ3) is 2.64. The number of aryl methyl sites for hydroxylation is 1. The first-order chi connectivity index (χ1) is 6.84. The molecule has 1 N–H and O–H groups in total. The number of rotatable bonds is 4. The normalized spacial score (nSPS) is 10.6. The van der Waals surface area contributed by atoms with Gasteiger partial charge in [-0.15, -0.1) is 22.7 Å². The summed E-state index contributed by atoms with van der Waals surface area (Å²) in [6.45, 7) is 4.01. The van der Waals surface area contributed by atoms with E-state index in [0.717, 1.165) is 13.1 Å². The first-order valence-corrected chi connectivity index (χ1v) is 6.17. The van der Waals surface area contributed by atoms with Gasteiger partial charge in [0.15, 0.2) is 0 Å². The van der Waals surface area contributed by atoms with Crippen molar-refractivity contribution >= 4 is 22.7 Å². The number of hydrogen-bond acceptors (Lipinski definition) is 4. The largest absolute Gasteiger partial charge is 0.307 e. The Morgan fingerprint density at radius 3 is 2.79 bits per heavy atom. The van der Waals surface area contributed by atoms with Crippen LogP contribution in [0.25, 0.3) is 0 Å². The van der Waals surface area contributed by atoms with E-state index in [0.29, 0.717) is 0 Å². The maximum absolute atomic E-state index is 4.03. The second-order valence-electron chi connectivity index (χ2n) is 3.08. The molecule has 0 aliphatic heterocycles. The van der Waals surface area contributed by atoms with E-state index >= 15 is 0 Å². The molecule has 0 atom stereocenters. The van der Waals surface area contributed by atoms with Gasteiger partial charge in [0, 0.05) is 33.9 Å². The Balaban J connectivity index is 1.78. The van der Waals surface area contributed by atoms with Gasteiger partial charge in [-0.1, -0.05) is 0 Å². The summed E-state index contributed by atoms with van der Waals surface area (Å²) in [7, 11) is 0. The summed E-state index contributed by atoms with van der Waals surface area (Å²) in [6, 6.07) is 4.34. The lowest BCUT2D eigenvalue weighted by molar-refractivity contribution is 0.708. The Bertz CT molecular complexity index is 378. The van der Waals surface area contributed by atoms with Crippen LogP contribution in [0.5, 0.6) is 0 Å². The van der Waals surface area contributed by atoms with Crippen molar-refractivity contribution in [2.75, 3.05) is 0 Å². The number of hydrogen-bond donors (Lipinski definition) is 1. The molecular weight excluding hydrogens is 212 g/mol. The van der Waals surface area contributed by atoms with Crippen LogP contribution in [-0.2, 0) is 13.1 Å². The van der Waals surface area contributed by atoms with Crippen LogP contribution in [0.4, 0.5) is 0 Å². The number of nitrogens with zero attached hydrogens (tertiary/aromatic N) is 1. The summed E-state index contributed by atoms with van der Waals surface area (Å²) in [5.41, 5.74) is 1.87. The highest BCUT2D eigenvalue weighted by atomic mass is 32.1. The molecule has 2 nitrogen and oxygen atoms in total. The molecular formula is C10H12N2S2. The molecule has 2 rings (SSSR count). The molecule has 0 radical (unpaired) electrons. The average Bonchev–Trinajstić information content (AvgIpc) is 2.77. The Hall–Kier alpha value is -0.710. The molecule has 0 unspecified atom stereocenters. The van der Waals surface area contributed by atoms with E-state index < -0.39 is 0 Å². The number of thiazole rings is 1. The summed E-state index contributed by atoms with van der Waals surface area (Å²) >= 11 is 3.54. The highest BCUT2D eigenvalue weighted by Gasteiger charge is 1.97. The molecule has 4 heteroatoms. The van der Waals surface area contributed by atoms with E-state index in [-0.39, 0.29) is 0 Å². The predicted octanol–water partition coefficient (Wildman–Crippen LogP) is 2.80. The van der Waals surface area contributed by atoms with Crippen molar-refractivity contribution in [3.63, 3.8) is 0 Å². The van der Waals surface area contributed by atoms with Gasteiger partial charge in [-0.3, -0.25) is 4.98 Å².